The zero-order valence-corrected chi connectivity index (χ0v) is 10.8. The quantitative estimate of drug-likeness (QED) is 0.871. The predicted molar refractivity (Wildman–Crippen MR) is 71.3 cm³/mol. The highest BCUT2D eigenvalue weighted by Crippen LogP contribution is 2.00. The molecule has 2 heterocycles. The van der Waals surface area contributed by atoms with Crippen LogP contribution in [0.25, 0.3) is 0 Å². The third-order valence-corrected chi connectivity index (χ3v) is 2.63. The Morgan fingerprint density at radius 3 is 2.79 bits per heavy atom. The molecule has 0 spiro atoms. The number of carbonyl (C=O) groups is 1. The maximum absolute atomic E-state index is 11.8. The van der Waals surface area contributed by atoms with Crippen molar-refractivity contribution in [2.45, 2.75) is 25.8 Å². The van der Waals surface area contributed by atoms with Gasteiger partial charge in [0.25, 0.3) is 0 Å². The van der Waals surface area contributed by atoms with Crippen LogP contribution < -0.4 is 5.32 Å². The summed E-state index contributed by atoms with van der Waals surface area (Å²) in [6, 6.07) is 3.74. The van der Waals surface area contributed by atoms with Crippen molar-refractivity contribution in [1.82, 2.24) is 20.3 Å². The largest absolute Gasteiger partial charge is 0.353 e. The highest BCUT2D eigenvalue weighted by Gasteiger charge is 2.09. The number of nitrogens with one attached hydrogen (secondary N) is 1. The van der Waals surface area contributed by atoms with Crippen molar-refractivity contribution in [2.75, 3.05) is 0 Å². The minimum atomic E-state index is -0.00982. The number of aromatic nitrogens is 3. The molecule has 2 rings (SSSR count). The minimum absolute atomic E-state index is 0.00982. The highest BCUT2D eigenvalue weighted by molar-refractivity contribution is 5.78. The van der Waals surface area contributed by atoms with Crippen LogP contribution in [0, 0.1) is 0 Å². The smallest absolute Gasteiger partial charge is 0.224 e. The molecular weight excluding hydrogens is 240 g/mol. The molecule has 0 aromatic carbocycles. The molecule has 19 heavy (non-hydrogen) atoms. The monoisotopic (exact) mass is 256 g/mol. The van der Waals surface area contributed by atoms with E-state index in [1.165, 1.54) is 0 Å². The summed E-state index contributed by atoms with van der Waals surface area (Å²) >= 11 is 0. The van der Waals surface area contributed by atoms with Crippen molar-refractivity contribution < 1.29 is 4.79 Å². The number of pyridine rings is 1. The average Bonchev–Trinajstić information content (AvgIpc) is 2.40. The van der Waals surface area contributed by atoms with Crippen molar-refractivity contribution in [3.8, 4) is 0 Å². The van der Waals surface area contributed by atoms with E-state index in [2.05, 4.69) is 20.3 Å². The lowest BCUT2D eigenvalue weighted by atomic mass is 10.1. The van der Waals surface area contributed by atoms with E-state index < -0.39 is 0 Å². The van der Waals surface area contributed by atoms with Gasteiger partial charge in [-0.25, -0.2) is 0 Å². The lowest BCUT2D eigenvalue weighted by molar-refractivity contribution is -0.121. The number of carbonyl (C=O) groups excluding carboxylic acids is 1. The molecule has 0 unspecified atom stereocenters. The van der Waals surface area contributed by atoms with E-state index in [1.54, 1.807) is 31.0 Å². The highest BCUT2D eigenvalue weighted by atomic mass is 16.1. The van der Waals surface area contributed by atoms with Gasteiger partial charge >= 0.3 is 0 Å². The van der Waals surface area contributed by atoms with Gasteiger partial charge in [0.1, 0.15) is 0 Å². The zero-order chi connectivity index (χ0) is 13.5. The molecule has 0 fully saturated rings. The van der Waals surface area contributed by atoms with E-state index in [0.717, 1.165) is 11.3 Å². The number of rotatable bonds is 5. The molecule has 0 aliphatic rings. The van der Waals surface area contributed by atoms with Crippen molar-refractivity contribution in [2.24, 2.45) is 0 Å². The van der Waals surface area contributed by atoms with Crippen LogP contribution in [0.2, 0.25) is 0 Å². The van der Waals surface area contributed by atoms with Gasteiger partial charge in [-0.1, -0.05) is 6.07 Å². The van der Waals surface area contributed by atoms with E-state index in [1.807, 2.05) is 19.1 Å². The molecule has 0 radical (unpaired) electrons. The topological polar surface area (TPSA) is 67.8 Å². The lowest BCUT2D eigenvalue weighted by Gasteiger charge is -2.13. The normalized spacial score (nSPS) is 11.8. The second-order valence-corrected chi connectivity index (χ2v) is 4.41. The summed E-state index contributed by atoms with van der Waals surface area (Å²) in [5.74, 6) is -0.00982. The van der Waals surface area contributed by atoms with Gasteiger partial charge in [0, 0.05) is 43.4 Å². The Bertz CT molecular complexity index is 515. The Labute approximate surface area is 112 Å². The molecule has 2 aromatic rings. The maximum Gasteiger partial charge on any atom is 0.224 e. The fraction of sp³-hybridized carbons (Fsp3) is 0.286. The molecule has 0 saturated carbocycles. The second kappa shape index (κ2) is 6.58. The van der Waals surface area contributed by atoms with Crippen LogP contribution >= 0.6 is 0 Å². The second-order valence-electron chi connectivity index (χ2n) is 4.41. The van der Waals surface area contributed by atoms with Crippen LogP contribution in [0.4, 0.5) is 0 Å². The van der Waals surface area contributed by atoms with Crippen LogP contribution in [0.3, 0.4) is 0 Å². The Morgan fingerprint density at radius 2 is 2.11 bits per heavy atom. The van der Waals surface area contributed by atoms with Gasteiger partial charge in [0.2, 0.25) is 5.91 Å². The molecule has 1 amide bonds. The molecule has 1 atom stereocenters. The van der Waals surface area contributed by atoms with E-state index in [9.17, 15) is 4.79 Å². The molecule has 5 nitrogen and oxygen atoms in total. The van der Waals surface area contributed by atoms with Crippen molar-refractivity contribution in [3.05, 3.63) is 54.4 Å². The molecule has 2 aromatic heterocycles. The van der Waals surface area contributed by atoms with E-state index >= 15 is 0 Å². The zero-order valence-electron chi connectivity index (χ0n) is 10.8. The van der Waals surface area contributed by atoms with E-state index in [4.69, 9.17) is 0 Å². The first-order valence-electron chi connectivity index (χ1n) is 6.17. The van der Waals surface area contributed by atoms with Gasteiger partial charge in [-0.2, -0.15) is 0 Å². The summed E-state index contributed by atoms with van der Waals surface area (Å²) in [5, 5.41) is 2.94. The van der Waals surface area contributed by atoms with Gasteiger partial charge < -0.3 is 5.32 Å². The number of hydrogen-bond donors (Lipinski definition) is 1. The average molecular weight is 256 g/mol. The van der Waals surface area contributed by atoms with Crippen LogP contribution in [0.15, 0.2) is 43.1 Å². The SMILES string of the molecule is C[C@H](Cc1cnccn1)NC(=O)Cc1cccnc1. The van der Waals surface area contributed by atoms with Gasteiger partial charge in [0.05, 0.1) is 12.1 Å². The van der Waals surface area contributed by atoms with Crippen molar-refractivity contribution >= 4 is 5.91 Å². The molecule has 0 aliphatic carbocycles. The number of nitrogens with zero attached hydrogens (tertiary/aromatic N) is 3. The van der Waals surface area contributed by atoms with Gasteiger partial charge in [0.15, 0.2) is 0 Å². The first kappa shape index (κ1) is 13.1. The first-order chi connectivity index (χ1) is 9.24. The van der Waals surface area contributed by atoms with Crippen LogP contribution in [0.5, 0.6) is 0 Å². The Balaban J connectivity index is 1.82. The fourth-order valence-electron chi connectivity index (χ4n) is 1.81. The standard InChI is InChI=1S/C14H16N4O/c1-11(7-13-10-16-5-6-17-13)18-14(19)8-12-3-2-4-15-9-12/h2-6,9-11H,7-8H2,1H3,(H,18,19)/t11-/m1/s1. The van der Waals surface area contributed by atoms with Crippen molar-refractivity contribution in [1.29, 1.82) is 0 Å². The number of hydrogen-bond acceptors (Lipinski definition) is 4. The third-order valence-electron chi connectivity index (χ3n) is 2.63. The summed E-state index contributed by atoms with van der Waals surface area (Å²) in [5.41, 5.74) is 1.78. The molecular formula is C14H16N4O. The summed E-state index contributed by atoms with van der Waals surface area (Å²) in [4.78, 5) is 24.0. The molecule has 0 bridgehead atoms. The van der Waals surface area contributed by atoms with Gasteiger partial charge in [-0.05, 0) is 18.6 Å². The Hall–Kier alpha value is -2.30. The van der Waals surface area contributed by atoms with E-state index in [-0.39, 0.29) is 11.9 Å². The van der Waals surface area contributed by atoms with E-state index in [0.29, 0.717) is 12.8 Å². The predicted octanol–water partition coefficient (Wildman–Crippen LogP) is 1.16. The summed E-state index contributed by atoms with van der Waals surface area (Å²) in [7, 11) is 0. The lowest BCUT2D eigenvalue weighted by Crippen LogP contribution is -2.35. The van der Waals surface area contributed by atoms with Crippen molar-refractivity contribution in [3.63, 3.8) is 0 Å². The molecule has 1 N–H and O–H groups in total. The van der Waals surface area contributed by atoms with Crippen LogP contribution in [-0.4, -0.2) is 26.9 Å². The van der Waals surface area contributed by atoms with Gasteiger partial charge in [-0.3, -0.25) is 19.7 Å². The summed E-state index contributed by atoms with van der Waals surface area (Å²) in [6.07, 6.45) is 9.41. The third kappa shape index (κ3) is 4.46. The molecule has 5 heteroatoms. The Kier molecular flexibility index (Phi) is 4.55. The first-order valence-corrected chi connectivity index (χ1v) is 6.17. The summed E-state index contributed by atoms with van der Waals surface area (Å²) < 4.78 is 0. The maximum atomic E-state index is 11.8. The van der Waals surface area contributed by atoms with Crippen LogP contribution in [0.1, 0.15) is 18.2 Å². The minimum Gasteiger partial charge on any atom is -0.353 e. The summed E-state index contributed by atoms with van der Waals surface area (Å²) in [6.45, 7) is 1.95. The Morgan fingerprint density at radius 1 is 1.26 bits per heavy atom. The van der Waals surface area contributed by atoms with Gasteiger partial charge in [-0.15, -0.1) is 0 Å². The number of amides is 1. The molecule has 98 valence electrons. The molecule has 0 aliphatic heterocycles. The fourth-order valence-corrected chi connectivity index (χ4v) is 1.81. The molecule has 0 saturated heterocycles. The van der Waals surface area contributed by atoms with Crippen LogP contribution in [-0.2, 0) is 17.6 Å².